The summed E-state index contributed by atoms with van der Waals surface area (Å²) < 4.78 is 1.88. The number of hydrogen-bond acceptors (Lipinski definition) is 2. The third-order valence-corrected chi connectivity index (χ3v) is 3.82. The van der Waals surface area contributed by atoms with Gasteiger partial charge in [0.05, 0.1) is 16.4 Å². The van der Waals surface area contributed by atoms with Crippen LogP contribution in [0, 0.1) is 0 Å². The molecule has 1 heterocycles. The number of nitrogens with zero attached hydrogens (tertiary/aromatic N) is 2. The minimum absolute atomic E-state index is 0.194. The maximum absolute atomic E-state index is 6.32. The first kappa shape index (κ1) is 15.5. The molecule has 1 unspecified atom stereocenters. The van der Waals surface area contributed by atoms with Gasteiger partial charge in [-0.05, 0) is 12.8 Å². The Morgan fingerprint density at radius 3 is 2.56 bits per heavy atom. The Morgan fingerprint density at radius 2 is 2.00 bits per heavy atom. The predicted octanol–water partition coefficient (Wildman–Crippen LogP) is 3.48. The van der Waals surface area contributed by atoms with E-state index in [0.717, 1.165) is 35.7 Å². The molecule has 18 heavy (non-hydrogen) atoms. The van der Waals surface area contributed by atoms with Gasteiger partial charge in [0.15, 0.2) is 0 Å². The first-order chi connectivity index (χ1) is 8.60. The lowest BCUT2D eigenvalue weighted by molar-refractivity contribution is 0.531. The topological polar surface area (TPSA) is 43.8 Å². The van der Waals surface area contributed by atoms with Crippen molar-refractivity contribution < 1.29 is 0 Å². The van der Waals surface area contributed by atoms with Crippen LogP contribution >= 0.6 is 11.6 Å². The van der Waals surface area contributed by atoms with Crippen molar-refractivity contribution in [1.82, 2.24) is 9.78 Å². The van der Waals surface area contributed by atoms with E-state index in [1.165, 1.54) is 25.7 Å². The van der Waals surface area contributed by atoms with Crippen molar-refractivity contribution in [2.45, 2.75) is 64.8 Å². The highest BCUT2D eigenvalue weighted by Crippen LogP contribution is 2.22. The molecule has 0 radical (unpaired) electrons. The molecule has 2 N–H and O–H groups in total. The van der Waals surface area contributed by atoms with Gasteiger partial charge in [-0.1, -0.05) is 51.1 Å². The standard InChI is InChI=1S/C14H26ClN3/c1-4-6-7-8-9-11(16)10-13-14(15)12(5-2)17-18(13)3/h11H,4-10,16H2,1-3H3. The Hall–Kier alpha value is -0.540. The van der Waals surface area contributed by atoms with Crippen LogP contribution in [0.25, 0.3) is 0 Å². The summed E-state index contributed by atoms with van der Waals surface area (Å²) in [7, 11) is 1.95. The summed E-state index contributed by atoms with van der Waals surface area (Å²) in [6.07, 6.45) is 7.84. The summed E-state index contributed by atoms with van der Waals surface area (Å²) in [5.41, 5.74) is 8.24. The Morgan fingerprint density at radius 1 is 1.28 bits per heavy atom. The van der Waals surface area contributed by atoms with E-state index in [-0.39, 0.29) is 6.04 Å². The van der Waals surface area contributed by atoms with E-state index >= 15 is 0 Å². The van der Waals surface area contributed by atoms with Gasteiger partial charge in [0.1, 0.15) is 0 Å². The zero-order valence-electron chi connectivity index (χ0n) is 11.9. The Bertz CT molecular complexity index is 360. The van der Waals surface area contributed by atoms with Crippen LogP contribution in [0.4, 0.5) is 0 Å². The van der Waals surface area contributed by atoms with Crippen molar-refractivity contribution in [3.05, 3.63) is 16.4 Å². The largest absolute Gasteiger partial charge is 0.327 e. The minimum atomic E-state index is 0.194. The first-order valence-electron chi connectivity index (χ1n) is 7.05. The number of nitrogens with two attached hydrogens (primary N) is 1. The SMILES string of the molecule is CCCCCCC(N)Cc1c(Cl)c(CC)nn1C. The van der Waals surface area contributed by atoms with Gasteiger partial charge in [-0.3, -0.25) is 4.68 Å². The summed E-state index contributed by atoms with van der Waals surface area (Å²) in [6.45, 7) is 4.30. The average Bonchev–Trinajstić information content (AvgIpc) is 2.62. The predicted molar refractivity (Wildman–Crippen MR) is 78.0 cm³/mol. The smallest absolute Gasteiger partial charge is 0.0850 e. The number of rotatable bonds is 8. The van der Waals surface area contributed by atoms with Gasteiger partial charge in [-0.2, -0.15) is 5.10 Å². The first-order valence-corrected chi connectivity index (χ1v) is 7.43. The molecule has 0 saturated carbocycles. The van der Waals surface area contributed by atoms with E-state index in [4.69, 9.17) is 17.3 Å². The molecule has 0 amide bonds. The Kier molecular flexibility index (Phi) is 6.72. The van der Waals surface area contributed by atoms with Gasteiger partial charge in [0.25, 0.3) is 0 Å². The van der Waals surface area contributed by atoms with Crippen molar-refractivity contribution in [1.29, 1.82) is 0 Å². The maximum Gasteiger partial charge on any atom is 0.0850 e. The van der Waals surface area contributed by atoms with Crippen LogP contribution in [-0.4, -0.2) is 15.8 Å². The van der Waals surface area contributed by atoms with Crippen LogP contribution in [-0.2, 0) is 19.9 Å². The highest BCUT2D eigenvalue weighted by atomic mass is 35.5. The van der Waals surface area contributed by atoms with E-state index in [1.54, 1.807) is 0 Å². The zero-order valence-corrected chi connectivity index (χ0v) is 12.6. The number of halogens is 1. The molecule has 4 heteroatoms. The third-order valence-electron chi connectivity index (χ3n) is 3.39. The monoisotopic (exact) mass is 271 g/mol. The van der Waals surface area contributed by atoms with Gasteiger partial charge in [0, 0.05) is 19.5 Å². The molecule has 104 valence electrons. The van der Waals surface area contributed by atoms with Crippen molar-refractivity contribution in [3.8, 4) is 0 Å². The molecular weight excluding hydrogens is 246 g/mol. The van der Waals surface area contributed by atoms with Crippen LogP contribution < -0.4 is 5.73 Å². The molecule has 0 spiro atoms. The van der Waals surface area contributed by atoms with E-state index in [2.05, 4.69) is 18.9 Å². The molecule has 0 aromatic carbocycles. The molecular formula is C14H26ClN3. The number of hydrogen-bond donors (Lipinski definition) is 1. The van der Waals surface area contributed by atoms with Crippen molar-refractivity contribution in [2.24, 2.45) is 12.8 Å². The number of unbranched alkanes of at least 4 members (excludes halogenated alkanes) is 3. The second-order valence-corrected chi connectivity index (χ2v) is 5.38. The number of aromatic nitrogens is 2. The van der Waals surface area contributed by atoms with Gasteiger partial charge < -0.3 is 5.73 Å². The van der Waals surface area contributed by atoms with Crippen molar-refractivity contribution in [2.75, 3.05) is 0 Å². The van der Waals surface area contributed by atoms with Gasteiger partial charge in [-0.15, -0.1) is 0 Å². The normalized spacial score (nSPS) is 12.9. The summed E-state index contributed by atoms with van der Waals surface area (Å²) in [4.78, 5) is 0. The van der Waals surface area contributed by atoms with E-state index < -0.39 is 0 Å². The highest BCUT2D eigenvalue weighted by Gasteiger charge is 2.15. The van der Waals surface area contributed by atoms with Crippen molar-refractivity contribution in [3.63, 3.8) is 0 Å². The minimum Gasteiger partial charge on any atom is -0.327 e. The molecule has 1 rings (SSSR count). The summed E-state index contributed by atoms with van der Waals surface area (Å²) in [6, 6.07) is 0.194. The zero-order chi connectivity index (χ0) is 13.5. The van der Waals surface area contributed by atoms with Gasteiger partial charge in [0.2, 0.25) is 0 Å². The summed E-state index contributed by atoms with van der Waals surface area (Å²) in [5, 5.41) is 5.23. The van der Waals surface area contributed by atoms with E-state index in [9.17, 15) is 0 Å². The second-order valence-electron chi connectivity index (χ2n) is 5.00. The van der Waals surface area contributed by atoms with Crippen LogP contribution in [0.15, 0.2) is 0 Å². The van der Waals surface area contributed by atoms with Crippen LogP contribution in [0.2, 0.25) is 5.02 Å². The average molecular weight is 272 g/mol. The molecule has 3 nitrogen and oxygen atoms in total. The van der Waals surface area contributed by atoms with Gasteiger partial charge in [-0.25, -0.2) is 0 Å². The fraction of sp³-hybridized carbons (Fsp3) is 0.786. The van der Waals surface area contributed by atoms with Crippen LogP contribution in [0.1, 0.15) is 57.3 Å². The molecule has 0 fully saturated rings. The number of aryl methyl sites for hydroxylation is 2. The lowest BCUT2D eigenvalue weighted by atomic mass is 10.0. The molecule has 0 aliphatic heterocycles. The highest BCUT2D eigenvalue weighted by molar-refractivity contribution is 6.31. The molecule has 0 bridgehead atoms. The maximum atomic E-state index is 6.32. The molecule has 1 atom stereocenters. The second kappa shape index (κ2) is 7.80. The molecule has 0 aliphatic rings. The fourth-order valence-corrected chi connectivity index (χ4v) is 2.60. The lowest BCUT2D eigenvalue weighted by Gasteiger charge is -2.11. The molecule has 1 aromatic heterocycles. The Balaban J connectivity index is 2.48. The third kappa shape index (κ3) is 4.29. The summed E-state index contributed by atoms with van der Waals surface area (Å²) in [5.74, 6) is 0. The quantitative estimate of drug-likeness (QED) is 0.736. The molecule has 0 aliphatic carbocycles. The Labute approximate surface area is 116 Å². The van der Waals surface area contributed by atoms with Crippen LogP contribution in [0.3, 0.4) is 0 Å². The molecule has 0 saturated heterocycles. The summed E-state index contributed by atoms with van der Waals surface area (Å²) >= 11 is 6.32. The fourth-order valence-electron chi connectivity index (χ4n) is 2.23. The van der Waals surface area contributed by atoms with Crippen molar-refractivity contribution >= 4 is 11.6 Å². The van der Waals surface area contributed by atoms with E-state index in [0.29, 0.717) is 0 Å². The van der Waals surface area contributed by atoms with Gasteiger partial charge >= 0.3 is 0 Å². The molecule has 1 aromatic rings. The van der Waals surface area contributed by atoms with E-state index in [1.807, 2.05) is 11.7 Å². The lowest BCUT2D eigenvalue weighted by Crippen LogP contribution is -2.24. The van der Waals surface area contributed by atoms with Crippen LogP contribution in [0.5, 0.6) is 0 Å².